The fraction of sp³-hybridized carbons (Fsp3) is 0.333. The zero-order valence-electron chi connectivity index (χ0n) is 10.9. The van der Waals surface area contributed by atoms with Crippen LogP contribution in [0.5, 0.6) is 0 Å². The summed E-state index contributed by atoms with van der Waals surface area (Å²) in [6, 6.07) is 12.9. The van der Waals surface area contributed by atoms with Gasteiger partial charge in [-0.2, -0.15) is 0 Å². The van der Waals surface area contributed by atoms with E-state index in [-0.39, 0.29) is 0 Å². The Morgan fingerprint density at radius 1 is 1.11 bits per heavy atom. The van der Waals surface area contributed by atoms with Gasteiger partial charge in [-0.3, -0.25) is 4.90 Å². The summed E-state index contributed by atoms with van der Waals surface area (Å²) in [5.74, 6) is 0.899. The molecule has 0 saturated carbocycles. The minimum absolute atomic E-state index is 0.402. The van der Waals surface area contributed by atoms with E-state index in [1.54, 1.807) is 12.4 Å². The maximum Gasteiger partial charge on any atom is 0.142 e. The molecule has 4 heteroatoms. The van der Waals surface area contributed by atoms with Gasteiger partial charge in [-0.15, -0.1) is 0 Å². The summed E-state index contributed by atoms with van der Waals surface area (Å²) in [4.78, 5) is 11.0. The summed E-state index contributed by atoms with van der Waals surface area (Å²) >= 11 is 0. The molecule has 19 heavy (non-hydrogen) atoms. The fourth-order valence-electron chi connectivity index (χ4n) is 2.47. The van der Waals surface area contributed by atoms with E-state index < -0.39 is 0 Å². The summed E-state index contributed by atoms with van der Waals surface area (Å²) < 4.78 is 0. The van der Waals surface area contributed by atoms with Gasteiger partial charge in [0.25, 0.3) is 0 Å². The standard InChI is InChI=1S/C15H18N4/c1-2-5-13(6-3-1)14-11-19(10-9-16-14)12-15-17-7-4-8-18-15/h1-8,14,16H,9-12H2. The molecule has 0 spiro atoms. The van der Waals surface area contributed by atoms with E-state index in [4.69, 9.17) is 0 Å². The third-order valence-electron chi connectivity index (χ3n) is 3.45. The molecule has 0 aliphatic carbocycles. The van der Waals surface area contributed by atoms with Crippen molar-refractivity contribution in [2.45, 2.75) is 12.6 Å². The van der Waals surface area contributed by atoms with Crippen molar-refractivity contribution < 1.29 is 0 Å². The fourth-order valence-corrected chi connectivity index (χ4v) is 2.47. The lowest BCUT2D eigenvalue weighted by molar-refractivity contribution is 0.189. The van der Waals surface area contributed by atoms with Crippen molar-refractivity contribution in [3.8, 4) is 0 Å². The molecule has 0 amide bonds. The molecule has 0 bridgehead atoms. The molecule has 4 nitrogen and oxygen atoms in total. The normalized spacial score (nSPS) is 20.3. The van der Waals surface area contributed by atoms with E-state index in [9.17, 15) is 0 Å². The molecule has 1 fully saturated rings. The SMILES string of the molecule is c1ccc(C2CN(Cc3ncccn3)CCN2)cc1. The zero-order valence-corrected chi connectivity index (χ0v) is 10.9. The first-order valence-corrected chi connectivity index (χ1v) is 6.68. The lowest BCUT2D eigenvalue weighted by atomic mass is 10.0. The molecular formula is C15H18N4. The molecule has 2 aromatic rings. The van der Waals surface area contributed by atoms with Crippen LogP contribution in [0.3, 0.4) is 0 Å². The Hall–Kier alpha value is -1.78. The average Bonchev–Trinajstić information content (AvgIpc) is 2.49. The first-order chi connectivity index (χ1) is 9.42. The minimum Gasteiger partial charge on any atom is -0.308 e. The second kappa shape index (κ2) is 5.91. The Morgan fingerprint density at radius 3 is 2.68 bits per heavy atom. The third-order valence-corrected chi connectivity index (χ3v) is 3.45. The molecule has 1 aliphatic rings. The van der Waals surface area contributed by atoms with Crippen molar-refractivity contribution in [1.82, 2.24) is 20.2 Å². The maximum absolute atomic E-state index is 4.30. The van der Waals surface area contributed by atoms with Gasteiger partial charge in [-0.1, -0.05) is 30.3 Å². The molecule has 1 aliphatic heterocycles. The number of aromatic nitrogens is 2. The summed E-state index contributed by atoms with van der Waals surface area (Å²) in [6.45, 7) is 3.88. The lowest BCUT2D eigenvalue weighted by Gasteiger charge is -2.33. The highest BCUT2D eigenvalue weighted by atomic mass is 15.2. The third kappa shape index (κ3) is 3.16. The number of nitrogens with one attached hydrogen (secondary N) is 1. The van der Waals surface area contributed by atoms with Crippen LogP contribution in [0.15, 0.2) is 48.8 Å². The van der Waals surface area contributed by atoms with Gasteiger partial charge >= 0.3 is 0 Å². The molecule has 0 radical (unpaired) electrons. The van der Waals surface area contributed by atoms with E-state index in [0.29, 0.717) is 6.04 Å². The molecule has 1 aromatic carbocycles. The van der Waals surface area contributed by atoms with Crippen LogP contribution in [0.1, 0.15) is 17.4 Å². The maximum atomic E-state index is 4.30. The van der Waals surface area contributed by atoms with E-state index in [1.807, 2.05) is 6.07 Å². The molecule has 1 saturated heterocycles. The second-order valence-corrected chi connectivity index (χ2v) is 4.82. The van der Waals surface area contributed by atoms with Crippen molar-refractivity contribution in [1.29, 1.82) is 0 Å². The van der Waals surface area contributed by atoms with Gasteiger partial charge in [-0.05, 0) is 11.6 Å². The summed E-state index contributed by atoms with van der Waals surface area (Å²) in [7, 11) is 0. The lowest BCUT2D eigenvalue weighted by Crippen LogP contribution is -2.45. The molecule has 2 heterocycles. The largest absolute Gasteiger partial charge is 0.308 e. The first kappa shape index (κ1) is 12.3. The average molecular weight is 254 g/mol. The Balaban J connectivity index is 1.65. The minimum atomic E-state index is 0.402. The highest BCUT2D eigenvalue weighted by Crippen LogP contribution is 2.17. The van der Waals surface area contributed by atoms with Crippen LogP contribution in [0.2, 0.25) is 0 Å². The van der Waals surface area contributed by atoms with Crippen LogP contribution in [0.25, 0.3) is 0 Å². The highest BCUT2D eigenvalue weighted by molar-refractivity contribution is 5.19. The number of rotatable bonds is 3. The van der Waals surface area contributed by atoms with E-state index in [1.165, 1.54) is 5.56 Å². The van der Waals surface area contributed by atoms with E-state index in [2.05, 4.69) is 50.5 Å². The number of benzene rings is 1. The molecule has 1 N–H and O–H groups in total. The predicted molar refractivity (Wildman–Crippen MR) is 74.5 cm³/mol. The summed E-state index contributed by atoms with van der Waals surface area (Å²) in [6.07, 6.45) is 3.61. The topological polar surface area (TPSA) is 41.1 Å². The van der Waals surface area contributed by atoms with Gasteiger partial charge in [-0.25, -0.2) is 9.97 Å². The molecule has 3 rings (SSSR count). The van der Waals surface area contributed by atoms with Gasteiger partial charge in [0.2, 0.25) is 0 Å². The molecule has 1 atom stereocenters. The van der Waals surface area contributed by atoms with Crippen LogP contribution in [-0.2, 0) is 6.54 Å². The van der Waals surface area contributed by atoms with Crippen molar-refractivity contribution in [2.24, 2.45) is 0 Å². The number of piperazine rings is 1. The van der Waals surface area contributed by atoms with E-state index in [0.717, 1.165) is 32.0 Å². The number of nitrogens with zero attached hydrogens (tertiary/aromatic N) is 3. The predicted octanol–water partition coefficient (Wildman–Crippen LogP) is 1.62. The second-order valence-electron chi connectivity index (χ2n) is 4.82. The smallest absolute Gasteiger partial charge is 0.142 e. The Labute approximate surface area is 113 Å². The summed E-state index contributed by atoms with van der Waals surface area (Å²) in [5, 5.41) is 3.57. The molecule has 98 valence electrons. The molecular weight excluding hydrogens is 236 g/mol. The van der Waals surface area contributed by atoms with Crippen molar-refractivity contribution in [2.75, 3.05) is 19.6 Å². The van der Waals surface area contributed by atoms with Gasteiger partial charge in [0, 0.05) is 38.1 Å². The van der Waals surface area contributed by atoms with Gasteiger partial charge in [0.05, 0.1) is 6.54 Å². The molecule has 1 aromatic heterocycles. The molecule has 1 unspecified atom stereocenters. The van der Waals surface area contributed by atoms with Crippen molar-refractivity contribution >= 4 is 0 Å². The van der Waals surface area contributed by atoms with Gasteiger partial charge in [0.1, 0.15) is 5.82 Å². The number of hydrogen-bond donors (Lipinski definition) is 1. The van der Waals surface area contributed by atoms with Crippen LogP contribution in [-0.4, -0.2) is 34.5 Å². The highest BCUT2D eigenvalue weighted by Gasteiger charge is 2.20. The van der Waals surface area contributed by atoms with Crippen molar-refractivity contribution in [3.05, 3.63) is 60.2 Å². The van der Waals surface area contributed by atoms with Crippen LogP contribution in [0, 0.1) is 0 Å². The Morgan fingerprint density at radius 2 is 1.89 bits per heavy atom. The Bertz CT molecular complexity index is 500. The van der Waals surface area contributed by atoms with Crippen LogP contribution < -0.4 is 5.32 Å². The first-order valence-electron chi connectivity index (χ1n) is 6.68. The summed E-state index contributed by atoms with van der Waals surface area (Å²) in [5.41, 5.74) is 1.35. The van der Waals surface area contributed by atoms with Gasteiger partial charge in [0.15, 0.2) is 0 Å². The van der Waals surface area contributed by atoms with Crippen molar-refractivity contribution in [3.63, 3.8) is 0 Å². The van der Waals surface area contributed by atoms with Gasteiger partial charge < -0.3 is 5.32 Å². The quantitative estimate of drug-likeness (QED) is 0.903. The number of hydrogen-bond acceptors (Lipinski definition) is 4. The monoisotopic (exact) mass is 254 g/mol. The zero-order chi connectivity index (χ0) is 12.9. The van der Waals surface area contributed by atoms with E-state index >= 15 is 0 Å². The van der Waals surface area contributed by atoms with Crippen LogP contribution in [0.4, 0.5) is 0 Å². The van der Waals surface area contributed by atoms with Crippen LogP contribution >= 0.6 is 0 Å². The Kier molecular flexibility index (Phi) is 3.81.